The normalized spacial score (nSPS) is 12.5. The molecule has 0 aliphatic rings. The Morgan fingerprint density at radius 1 is 0.955 bits per heavy atom. The summed E-state index contributed by atoms with van der Waals surface area (Å²) in [6, 6.07) is 13.6. The zero-order chi connectivity index (χ0) is 32.8. The van der Waals surface area contributed by atoms with E-state index in [1.807, 2.05) is 6.07 Å². The molecule has 0 radical (unpaired) electrons. The van der Waals surface area contributed by atoms with Crippen molar-refractivity contribution in [1.29, 1.82) is 0 Å². The summed E-state index contributed by atoms with van der Waals surface area (Å²) in [6.07, 6.45) is -3.49. The van der Waals surface area contributed by atoms with Crippen molar-refractivity contribution in [2.45, 2.75) is 59.5 Å². The monoisotopic (exact) mass is 628 g/mol. The first-order valence-electron chi connectivity index (χ1n) is 13.6. The Hall–Kier alpha value is -4.48. The number of hydrogen-bond donors (Lipinski definition) is 2. The van der Waals surface area contributed by atoms with Crippen molar-refractivity contribution >= 4 is 46.9 Å². The maximum absolute atomic E-state index is 13.9. The number of nitrogens with zero attached hydrogens (tertiary/aromatic N) is 1. The van der Waals surface area contributed by atoms with Crippen LogP contribution in [0.5, 0.6) is 0 Å². The quantitative estimate of drug-likeness (QED) is 0.159. The lowest BCUT2D eigenvalue weighted by molar-refractivity contribution is -0.168. The lowest BCUT2D eigenvalue weighted by Crippen LogP contribution is -2.47. The second-order valence-electron chi connectivity index (χ2n) is 10.8. The van der Waals surface area contributed by atoms with Gasteiger partial charge in [-0.2, -0.15) is 0 Å². The molecule has 44 heavy (non-hydrogen) atoms. The third-order valence-corrected chi connectivity index (χ3v) is 6.45. The molecule has 12 heteroatoms. The first-order valence-corrected chi connectivity index (χ1v) is 14.0. The van der Waals surface area contributed by atoms with Crippen LogP contribution in [0.15, 0.2) is 60.7 Å². The highest BCUT2D eigenvalue weighted by atomic mass is 35.5. The molecule has 0 aromatic heterocycles. The van der Waals surface area contributed by atoms with Gasteiger partial charge in [-0.1, -0.05) is 35.9 Å². The van der Waals surface area contributed by atoms with Crippen LogP contribution in [0.2, 0.25) is 5.02 Å². The predicted octanol–water partition coefficient (Wildman–Crippen LogP) is 6.38. The van der Waals surface area contributed by atoms with Gasteiger partial charge in [-0.25, -0.2) is 23.7 Å². The summed E-state index contributed by atoms with van der Waals surface area (Å²) in [5.41, 5.74) is 1.34. The summed E-state index contributed by atoms with van der Waals surface area (Å²) in [4.78, 5) is 52.4. The summed E-state index contributed by atoms with van der Waals surface area (Å²) >= 11 is 6.54. The fourth-order valence-corrected chi connectivity index (χ4v) is 4.37. The van der Waals surface area contributed by atoms with E-state index in [4.69, 9.17) is 25.8 Å². The van der Waals surface area contributed by atoms with E-state index in [1.54, 1.807) is 52.8 Å². The van der Waals surface area contributed by atoms with Gasteiger partial charge in [-0.3, -0.25) is 4.79 Å². The molecular formula is C32H34ClFN2O8. The number of carbonyl (C=O) groups excluding carboxylic acids is 4. The predicted molar refractivity (Wildman–Crippen MR) is 162 cm³/mol. The molecule has 0 saturated heterocycles. The standard InChI is InChI=1S/C32H34ClFN2O8/c1-18-9-7-8-10-23(18)28(38)24-13-12-22(16-25(24)33)36(27-14-11-21(34)15-19(27)2)31(41)43-20(3)42-29(39)26(17-37)35-30(40)44-32(4,5)6/h7-16,20,26,37H,17H2,1-6H3,(H,35,40). The van der Waals surface area contributed by atoms with Crippen LogP contribution in [0.3, 0.4) is 0 Å². The topological polar surface area (TPSA) is 131 Å². The van der Waals surface area contributed by atoms with Gasteiger partial charge >= 0.3 is 18.2 Å². The molecule has 3 rings (SSSR count). The van der Waals surface area contributed by atoms with Crippen LogP contribution >= 0.6 is 11.6 Å². The minimum atomic E-state index is -1.50. The Bertz CT molecular complexity index is 1560. The van der Waals surface area contributed by atoms with Crippen molar-refractivity contribution in [2.24, 2.45) is 0 Å². The molecule has 0 fully saturated rings. The molecule has 2 atom stereocenters. The van der Waals surface area contributed by atoms with Crippen molar-refractivity contribution in [3.05, 3.63) is 93.8 Å². The minimum absolute atomic E-state index is 0.0480. The molecule has 0 aliphatic heterocycles. The molecule has 2 N–H and O–H groups in total. The fourth-order valence-electron chi connectivity index (χ4n) is 4.11. The number of rotatable bonds is 9. The van der Waals surface area contributed by atoms with Crippen LogP contribution in [0, 0.1) is 19.7 Å². The van der Waals surface area contributed by atoms with Crippen LogP contribution in [0.25, 0.3) is 0 Å². The second kappa shape index (κ2) is 14.3. The van der Waals surface area contributed by atoms with E-state index in [1.165, 1.54) is 37.3 Å². The van der Waals surface area contributed by atoms with E-state index in [2.05, 4.69) is 5.32 Å². The first kappa shape index (κ1) is 34.0. The Kier molecular flexibility index (Phi) is 11.1. The third-order valence-electron chi connectivity index (χ3n) is 6.13. The highest BCUT2D eigenvalue weighted by molar-refractivity contribution is 6.35. The highest BCUT2D eigenvalue weighted by Crippen LogP contribution is 2.34. The van der Waals surface area contributed by atoms with E-state index >= 15 is 0 Å². The molecular weight excluding hydrogens is 595 g/mol. The van der Waals surface area contributed by atoms with Crippen LogP contribution in [0.4, 0.5) is 25.4 Å². The Balaban J connectivity index is 1.86. The highest BCUT2D eigenvalue weighted by Gasteiger charge is 2.30. The molecule has 3 aromatic carbocycles. The van der Waals surface area contributed by atoms with Gasteiger partial charge in [0.05, 0.1) is 23.0 Å². The molecule has 0 bridgehead atoms. The van der Waals surface area contributed by atoms with Gasteiger partial charge in [0, 0.05) is 18.1 Å². The molecule has 2 amide bonds. The van der Waals surface area contributed by atoms with Crippen LogP contribution in [-0.2, 0) is 19.0 Å². The minimum Gasteiger partial charge on any atom is -0.444 e. The number of halogens is 2. The van der Waals surface area contributed by atoms with E-state index < -0.39 is 48.5 Å². The molecule has 2 unspecified atom stereocenters. The van der Waals surface area contributed by atoms with E-state index in [0.717, 1.165) is 16.5 Å². The summed E-state index contributed by atoms with van der Waals surface area (Å²) in [7, 11) is 0. The van der Waals surface area contributed by atoms with Crippen LogP contribution < -0.4 is 10.2 Å². The number of amides is 2. The lowest BCUT2D eigenvalue weighted by atomic mass is 9.99. The maximum atomic E-state index is 13.9. The van der Waals surface area contributed by atoms with E-state index in [-0.39, 0.29) is 27.7 Å². The number of aliphatic hydroxyl groups is 1. The van der Waals surface area contributed by atoms with Gasteiger partial charge < -0.3 is 24.6 Å². The second-order valence-corrected chi connectivity index (χ2v) is 11.3. The zero-order valence-corrected chi connectivity index (χ0v) is 25.9. The van der Waals surface area contributed by atoms with Gasteiger partial charge in [0.25, 0.3) is 0 Å². The first-order chi connectivity index (χ1) is 20.6. The van der Waals surface area contributed by atoms with Crippen molar-refractivity contribution in [3.8, 4) is 0 Å². The van der Waals surface area contributed by atoms with Crippen molar-refractivity contribution in [1.82, 2.24) is 5.32 Å². The number of aliphatic hydroxyl groups excluding tert-OH is 1. The molecule has 0 spiro atoms. The number of alkyl carbamates (subject to hydrolysis) is 1. The van der Waals surface area contributed by atoms with Crippen LogP contribution in [-0.4, -0.2) is 53.6 Å². The number of nitrogens with one attached hydrogen (secondary N) is 1. The summed E-state index contributed by atoms with van der Waals surface area (Å²) in [5.74, 6) is -1.94. The third kappa shape index (κ3) is 8.77. The van der Waals surface area contributed by atoms with Crippen molar-refractivity contribution in [2.75, 3.05) is 11.5 Å². The Morgan fingerprint density at radius 2 is 1.64 bits per heavy atom. The van der Waals surface area contributed by atoms with Crippen LogP contribution in [0.1, 0.15) is 54.7 Å². The average molecular weight is 629 g/mol. The number of esters is 1. The summed E-state index contributed by atoms with van der Waals surface area (Å²) < 4.78 is 29.5. The number of aryl methyl sites for hydroxylation is 2. The maximum Gasteiger partial charge on any atom is 0.422 e. The Morgan fingerprint density at radius 3 is 2.23 bits per heavy atom. The smallest absolute Gasteiger partial charge is 0.422 e. The van der Waals surface area contributed by atoms with Crippen molar-refractivity contribution < 1.29 is 42.9 Å². The summed E-state index contributed by atoms with van der Waals surface area (Å²) in [5, 5.41) is 11.8. The van der Waals surface area contributed by atoms with Gasteiger partial charge in [-0.15, -0.1) is 0 Å². The van der Waals surface area contributed by atoms with Gasteiger partial charge in [0.1, 0.15) is 11.4 Å². The molecule has 0 heterocycles. The van der Waals surface area contributed by atoms with E-state index in [9.17, 15) is 28.7 Å². The van der Waals surface area contributed by atoms with Gasteiger partial charge in [0.2, 0.25) is 6.29 Å². The number of benzene rings is 3. The largest absolute Gasteiger partial charge is 0.444 e. The molecule has 234 valence electrons. The van der Waals surface area contributed by atoms with Gasteiger partial charge in [0.15, 0.2) is 11.8 Å². The number of anilines is 2. The number of hydrogen-bond acceptors (Lipinski definition) is 8. The molecule has 3 aromatic rings. The number of carbonyl (C=O) groups is 4. The van der Waals surface area contributed by atoms with Gasteiger partial charge in [-0.05, 0) is 82.1 Å². The number of ether oxygens (including phenoxy) is 3. The fraction of sp³-hybridized carbons (Fsp3) is 0.312. The average Bonchev–Trinajstić information content (AvgIpc) is 2.92. The Labute approximate surface area is 259 Å². The SMILES string of the molecule is Cc1ccccc1C(=O)c1ccc(N(C(=O)OC(C)OC(=O)C(CO)NC(=O)OC(C)(C)C)c2ccc(F)cc2C)cc1Cl. The summed E-state index contributed by atoms with van der Waals surface area (Å²) in [6.45, 7) is 8.69. The zero-order valence-electron chi connectivity index (χ0n) is 25.1. The molecule has 0 saturated carbocycles. The lowest BCUT2D eigenvalue weighted by Gasteiger charge is -2.27. The van der Waals surface area contributed by atoms with E-state index in [0.29, 0.717) is 11.1 Å². The van der Waals surface area contributed by atoms with Crippen molar-refractivity contribution in [3.63, 3.8) is 0 Å². The number of ketones is 1. The molecule has 10 nitrogen and oxygen atoms in total. The molecule has 0 aliphatic carbocycles.